The van der Waals surface area contributed by atoms with Gasteiger partial charge in [-0.3, -0.25) is 0 Å². The van der Waals surface area contributed by atoms with E-state index in [2.05, 4.69) is 14.9 Å². The average molecular weight is 290 g/mol. The minimum Gasteiger partial charge on any atom is -0.389 e. The number of anilines is 2. The van der Waals surface area contributed by atoms with Crippen LogP contribution in [-0.2, 0) is 6.42 Å². The molecule has 21 heavy (non-hydrogen) atoms. The van der Waals surface area contributed by atoms with E-state index in [4.69, 9.17) is 5.73 Å². The van der Waals surface area contributed by atoms with Crippen LogP contribution in [0.3, 0.4) is 0 Å². The van der Waals surface area contributed by atoms with Gasteiger partial charge in [-0.1, -0.05) is 19.8 Å². The number of rotatable bonds is 2. The van der Waals surface area contributed by atoms with E-state index in [0.717, 1.165) is 62.4 Å². The summed E-state index contributed by atoms with van der Waals surface area (Å²) in [5, 5.41) is 10.8. The Morgan fingerprint density at radius 1 is 1.33 bits per heavy atom. The van der Waals surface area contributed by atoms with E-state index in [-0.39, 0.29) is 0 Å². The molecular weight excluding hydrogens is 264 g/mol. The number of piperidine rings is 1. The van der Waals surface area contributed by atoms with Gasteiger partial charge < -0.3 is 15.7 Å². The summed E-state index contributed by atoms with van der Waals surface area (Å²) >= 11 is 0. The molecule has 2 heterocycles. The molecule has 0 bridgehead atoms. The van der Waals surface area contributed by atoms with Crippen molar-refractivity contribution >= 4 is 11.6 Å². The largest absolute Gasteiger partial charge is 0.389 e. The molecule has 2 atom stereocenters. The number of aliphatic hydroxyl groups is 1. The van der Waals surface area contributed by atoms with Crippen LogP contribution < -0.4 is 10.6 Å². The van der Waals surface area contributed by atoms with E-state index >= 15 is 0 Å². The maximum absolute atomic E-state index is 10.8. The van der Waals surface area contributed by atoms with Crippen molar-refractivity contribution in [2.75, 3.05) is 23.7 Å². The van der Waals surface area contributed by atoms with Gasteiger partial charge in [0.05, 0.1) is 5.60 Å². The lowest BCUT2D eigenvalue weighted by Crippen LogP contribution is -2.53. The van der Waals surface area contributed by atoms with Crippen LogP contribution in [0.1, 0.15) is 50.4 Å². The van der Waals surface area contributed by atoms with Gasteiger partial charge in [0.25, 0.3) is 0 Å². The molecular formula is C16H26N4O. The zero-order valence-electron chi connectivity index (χ0n) is 13.1. The van der Waals surface area contributed by atoms with Crippen LogP contribution in [0.2, 0.25) is 0 Å². The molecule has 0 radical (unpaired) electrons. The number of fused-ring (bicyclic) bond motifs is 1. The first-order valence-corrected chi connectivity index (χ1v) is 8.14. The summed E-state index contributed by atoms with van der Waals surface area (Å²) in [4.78, 5) is 11.3. The number of nitrogens with two attached hydrogens (primary N) is 1. The van der Waals surface area contributed by atoms with Crippen molar-refractivity contribution in [3.8, 4) is 0 Å². The first-order chi connectivity index (χ1) is 10.0. The zero-order valence-corrected chi connectivity index (χ0v) is 13.1. The minimum atomic E-state index is -0.450. The average Bonchev–Trinajstić information content (AvgIpc) is 2.49. The lowest BCUT2D eigenvalue weighted by molar-refractivity contribution is -0.0613. The zero-order chi connectivity index (χ0) is 15.0. The molecule has 116 valence electrons. The molecule has 0 aromatic carbocycles. The van der Waals surface area contributed by atoms with Crippen molar-refractivity contribution in [3.05, 3.63) is 11.4 Å². The van der Waals surface area contributed by atoms with Crippen molar-refractivity contribution in [1.82, 2.24) is 9.97 Å². The molecule has 0 amide bonds. The van der Waals surface area contributed by atoms with E-state index < -0.39 is 5.60 Å². The first-order valence-electron chi connectivity index (χ1n) is 8.14. The Hall–Kier alpha value is -1.36. The Balaban J connectivity index is 1.87. The predicted molar refractivity (Wildman–Crippen MR) is 84.3 cm³/mol. The summed E-state index contributed by atoms with van der Waals surface area (Å²) in [6, 6.07) is 0. The van der Waals surface area contributed by atoms with Crippen LogP contribution in [0.5, 0.6) is 0 Å². The van der Waals surface area contributed by atoms with E-state index in [0.29, 0.717) is 11.7 Å². The maximum Gasteiger partial charge on any atom is 0.137 e. The second-order valence-electron chi connectivity index (χ2n) is 6.57. The number of aromatic nitrogens is 2. The van der Waals surface area contributed by atoms with Gasteiger partial charge in [-0.25, -0.2) is 9.97 Å². The Labute approximate surface area is 126 Å². The van der Waals surface area contributed by atoms with E-state index in [1.807, 2.05) is 13.8 Å². The number of hydrogen-bond donors (Lipinski definition) is 2. The number of aryl methyl sites for hydroxylation is 1. The minimum absolute atomic E-state index is 0.362. The highest BCUT2D eigenvalue weighted by molar-refractivity contribution is 5.57. The smallest absolute Gasteiger partial charge is 0.137 e. The first kappa shape index (κ1) is 14.6. The topological polar surface area (TPSA) is 75.3 Å². The van der Waals surface area contributed by atoms with Crippen LogP contribution in [0, 0.1) is 12.8 Å². The normalized spacial score (nSPS) is 29.3. The van der Waals surface area contributed by atoms with Crippen LogP contribution >= 0.6 is 0 Å². The highest BCUT2D eigenvalue weighted by Gasteiger charge is 2.43. The third kappa shape index (κ3) is 2.59. The summed E-state index contributed by atoms with van der Waals surface area (Å²) < 4.78 is 0. The van der Waals surface area contributed by atoms with Crippen LogP contribution in [-0.4, -0.2) is 33.8 Å². The summed E-state index contributed by atoms with van der Waals surface area (Å²) in [6.45, 7) is 5.78. The van der Waals surface area contributed by atoms with Crippen molar-refractivity contribution in [1.29, 1.82) is 0 Å². The second-order valence-corrected chi connectivity index (χ2v) is 6.57. The molecule has 1 saturated heterocycles. The van der Waals surface area contributed by atoms with Gasteiger partial charge >= 0.3 is 0 Å². The summed E-state index contributed by atoms with van der Waals surface area (Å²) in [7, 11) is 0. The van der Waals surface area contributed by atoms with Crippen LogP contribution in [0.25, 0.3) is 0 Å². The molecule has 1 saturated carbocycles. The maximum atomic E-state index is 10.8. The molecule has 2 unspecified atom stereocenters. The van der Waals surface area contributed by atoms with Crippen molar-refractivity contribution in [3.63, 3.8) is 0 Å². The van der Waals surface area contributed by atoms with Gasteiger partial charge in [-0.15, -0.1) is 0 Å². The molecule has 2 aliphatic rings. The quantitative estimate of drug-likeness (QED) is 0.872. The van der Waals surface area contributed by atoms with Gasteiger partial charge in [0.2, 0.25) is 0 Å². The molecule has 0 spiro atoms. The molecule has 5 heteroatoms. The fourth-order valence-corrected chi connectivity index (χ4v) is 3.80. The Morgan fingerprint density at radius 2 is 2.14 bits per heavy atom. The third-order valence-corrected chi connectivity index (χ3v) is 5.25. The number of nitrogens with zero attached hydrogens (tertiary/aromatic N) is 3. The van der Waals surface area contributed by atoms with Crippen molar-refractivity contribution < 1.29 is 5.11 Å². The Morgan fingerprint density at radius 3 is 2.90 bits per heavy atom. The summed E-state index contributed by atoms with van der Waals surface area (Å²) in [5.41, 5.74) is 6.55. The van der Waals surface area contributed by atoms with E-state index in [1.54, 1.807) is 0 Å². The third-order valence-electron chi connectivity index (χ3n) is 5.25. The molecule has 5 nitrogen and oxygen atoms in total. The number of nitrogen functional groups attached to an aromatic ring is 1. The molecule has 2 fully saturated rings. The van der Waals surface area contributed by atoms with Crippen molar-refractivity contribution in [2.45, 2.75) is 58.0 Å². The molecule has 1 aromatic heterocycles. The monoisotopic (exact) mass is 290 g/mol. The van der Waals surface area contributed by atoms with Gasteiger partial charge in [0.1, 0.15) is 17.5 Å². The molecule has 3 rings (SSSR count). The molecule has 3 N–H and O–H groups in total. The lowest BCUT2D eigenvalue weighted by atomic mass is 9.71. The molecule has 1 aromatic rings. The highest BCUT2D eigenvalue weighted by Crippen LogP contribution is 2.41. The fourth-order valence-electron chi connectivity index (χ4n) is 3.80. The van der Waals surface area contributed by atoms with Crippen LogP contribution in [0.15, 0.2) is 0 Å². The summed E-state index contributed by atoms with van der Waals surface area (Å²) in [6.07, 6.45) is 6.09. The Kier molecular flexibility index (Phi) is 3.78. The number of hydrogen-bond acceptors (Lipinski definition) is 5. The van der Waals surface area contributed by atoms with Gasteiger partial charge in [-0.05, 0) is 26.2 Å². The standard InChI is InChI=1S/C16H26N4O/c1-3-13-18-14(17)11(2)15(19-13)20-9-8-16(21)7-5-4-6-12(16)10-20/h12,21H,3-10H2,1-2H3,(H2,17,18,19). The van der Waals surface area contributed by atoms with E-state index in [1.165, 1.54) is 6.42 Å². The van der Waals surface area contributed by atoms with Gasteiger partial charge in [-0.2, -0.15) is 0 Å². The fraction of sp³-hybridized carbons (Fsp3) is 0.750. The predicted octanol–water partition coefficient (Wildman–Crippen LogP) is 2.06. The Bertz CT molecular complexity index is 533. The summed E-state index contributed by atoms with van der Waals surface area (Å²) in [5.74, 6) is 2.71. The highest BCUT2D eigenvalue weighted by atomic mass is 16.3. The lowest BCUT2D eigenvalue weighted by Gasteiger charge is -2.48. The molecule has 1 aliphatic carbocycles. The second kappa shape index (κ2) is 5.44. The van der Waals surface area contributed by atoms with Crippen molar-refractivity contribution in [2.24, 2.45) is 5.92 Å². The van der Waals surface area contributed by atoms with E-state index in [9.17, 15) is 5.11 Å². The van der Waals surface area contributed by atoms with Crippen LogP contribution in [0.4, 0.5) is 11.6 Å². The molecule has 1 aliphatic heterocycles. The van der Waals surface area contributed by atoms with Gasteiger partial charge in [0, 0.05) is 31.0 Å². The van der Waals surface area contributed by atoms with Gasteiger partial charge in [0.15, 0.2) is 0 Å². The SMILES string of the molecule is CCc1nc(N)c(C)c(N2CCC3(O)CCCCC3C2)n1.